The molecule has 0 saturated carbocycles. The van der Waals surface area contributed by atoms with Crippen LogP contribution in [0.2, 0.25) is 0 Å². The molecule has 0 aromatic carbocycles. The first-order valence-electron chi connectivity index (χ1n) is 28.4. The van der Waals surface area contributed by atoms with E-state index >= 15 is 0 Å². The van der Waals surface area contributed by atoms with Crippen LogP contribution in [0.5, 0.6) is 0 Å². The summed E-state index contributed by atoms with van der Waals surface area (Å²) in [6.07, 6.45) is 38.7. The first kappa shape index (κ1) is 63.1. The van der Waals surface area contributed by atoms with Crippen molar-refractivity contribution in [2.24, 2.45) is 0 Å². The normalized spacial score (nSPS) is 20.7. The molecule has 1 heterocycles. The van der Waals surface area contributed by atoms with Crippen molar-refractivity contribution >= 4 is 5.91 Å². The zero-order valence-electron chi connectivity index (χ0n) is 43.0. The van der Waals surface area contributed by atoms with Crippen LogP contribution in [0.15, 0.2) is 0 Å². The summed E-state index contributed by atoms with van der Waals surface area (Å²) in [6.45, 7) is 3.48. The fourth-order valence-electron chi connectivity index (χ4n) is 9.50. The van der Waals surface area contributed by atoms with Crippen molar-refractivity contribution < 1.29 is 50.0 Å². The standard InChI is InChI=1S/C55H109NO10/c1-3-5-7-9-11-13-15-17-19-20-21-22-23-24-25-26-27-28-29-31-33-35-37-39-41-43-48(59)54(64)56-46(45-65-55-53(63)52(62)51(61)49(44-57)66-55)50(60)47(58)42-40-38-36-34-32-30-18-16-14-12-10-8-6-4-2/h46-53,55,57-63H,3-45H2,1-2H3,(H,56,64). The van der Waals surface area contributed by atoms with Crippen molar-refractivity contribution in [1.29, 1.82) is 0 Å². The summed E-state index contributed by atoms with van der Waals surface area (Å²) in [7, 11) is 0. The van der Waals surface area contributed by atoms with Crippen molar-refractivity contribution in [2.75, 3.05) is 13.2 Å². The molecule has 9 atom stereocenters. The Balaban J connectivity index is 2.27. The number of ether oxygens (including phenoxy) is 2. The van der Waals surface area contributed by atoms with E-state index in [1.165, 1.54) is 199 Å². The number of nitrogens with one attached hydrogen (secondary N) is 1. The highest BCUT2D eigenvalue weighted by atomic mass is 16.7. The fourth-order valence-corrected chi connectivity index (χ4v) is 9.50. The maximum atomic E-state index is 13.2. The van der Waals surface area contributed by atoms with E-state index in [-0.39, 0.29) is 6.42 Å². The van der Waals surface area contributed by atoms with Gasteiger partial charge in [0.2, 0.25) is 5.91 Å². The molecule has 0 aromatic heterocycles. The number of carbonyl (C=O) groups excluding carboxylic acids is 1. The third-order valence-electron chi connectivity index (χ3n) is 14.2. The predicted molar refractivity (Wildman–Crippen MR) is 270 cm³/mol. The lowest BCUT2D eigenvalue weighted by Crippen LogP contribution is -2.60. The Morgan fingerprint density at radius 2 is 0.788 bits per heavy atom. The van der Waals surface area contributed by atoms with Gasteiger partial charge in [-0.05, 0) is 12.8 Å². The first-order valence-corrected chi connectivity index (χ1v) is 28.4. The third kappa shape index (κ3) is 33.6. The monoisotopic (exact) mass is 944 g/mol. The number of hydrogen-bond donors (Lipinski definition) is 8. The van der Waals surface area contributed by atoms with Gasteiger partial charge in [-0.2, -0.15) is 0 Å². The van der Waals surface area contributed by atoms with E-state index in [0.29, 0.717) is 19.3 Å². The second-order valence-corrected chi connectivity index (χ2v) is 20.4. The molecule has 394 valence electrons. The van der Waals surface area contributed by atoms with Crippen LogP contribution in [0.3, 0.4) is 0 Å². The van der Waals surface area contributed by atoms with Crippen LogP contribution in [-0.4, -0.2) is 110 Å². The van der Waals surface area contributed by atoms with Crippen LogP contribution < -0.4 is 5.32 Å². The lowest BCUT2D eigenvalue weighted by molar-refractivity contribution is -0.303. The van der Waals surface area contributed by atoms with Gasteiger partial charge in [-0.25, -0.2) is 0 Å². The van der Waals surface area contributed by atoms with E-state index in [1.807, 2.05) is 0 Å². The minimum Gasteiger partial charge on any atom is -0.394 e. The summed E-state index contributed by atoms with van der Waals surface area (Å²) in [4.78, 5) is 13.2. The summed E-state index contributed by atoms with van der Waals surface area (Å²) < 4.78 is 11.1. The molecule has 0 radical (unpaired) electrons. The molecule has 1 aliphatic heterocycles. The SMILES string of the molecule is CCCCCCCCCCCCCCCCCCCCCCCCCCCC(O)C(=O)NC(COC1OC(CO)C(O)C(O)C1O)C(O)C(O)CCCCCCCCCCCCCCCC. The molecule has 0 spiro atoms. The molecule has 11 heteroatoms. The second-order valence-electron chi connectivity index (χ2n) is 20.4. The fraction of sp³-hybridized carbons (Fsp3) is 0.982. The Bertz CT molecular complexity index is 1040. The van der Waals surface area contributed by atoms with Gasteiger partial charge in [0.05, 0.1) is 25.4 Å². The second kappa shape index (κ2) is 45.3. The third-order valence-corrected chi connectivity index (χ3v) is 14.2. The zero-order chi connectivity index (χ0) is 48.3. The number of aliphatic hydroxyl groups is 7. The van der Waals surface area contributed by atoms with Gasteiger partial charge < -0.3 is 50.5 Å². The summed E-state index contributed by atoms with van der Waals surface area (Å²) >= 11 is 0. The predicted octanol–water partition coefficient (Wildman–Crippen LogP) is 11.4. The summed E-state index contributed by atoms with van der Waals surface area (Å²) in [6, 6.07) is -1.16. The quantitative estimate of drug-likeness (QED) is 0.0273. The highest BCUT2D eigenvalue weighted by molar-refractivity contribution is 5.80. The Kier molecular flexibility index (Phi) is 43.3. The van der Waals surface area contributed by atoms with Crippen LogP contribution in [-0.2, 0) is 14.3 Å². The van der Waals surface area contributed by atoms with Gasteiger partial charge >= 0.3 is 0 Å². The highest BCUT2D eigenvalue weighted by Gasteiger charge is 2.44. The minimum atomic E-state index is -1.66. The number of amides is 1. The number of hydrogen-bond acceptors (Lipinski definition) is 10. The lowest BCUT2D eigenvalue weighted by atomic mass is 9.98. The molecule has 1 saturated heterocycles. The van der Waals surface area contributed by atoms with Gasteiger partial charge in [0.25, 0.3) is 0 Å². The van der Waals surface area contributed by atoms with Crippen LogP contribution in [0.4, 0.5) is 0 Å². The van der Waals surface area contributed by atoms with E-state index in [2.05, 4.69) is 19.2 Å². The van der Waals surface area contributed by atoms with Crippen molar-refractivity contribution in [3.8, 4) is 0 Å². The number of aliphatic hydroxyl groups excluding tert-OH is 7. The molecule has 8 N–H and O–H groups in total. The van der Waals surface area contributed by atoms with Crippen LogP contribution in [0.25, 0.3) is 0 Å². The van der Waals surface area contributed by atoms with E-state index in [4.69, 9.17) is 9.47 Å². The van der Waals surface area contributed by atoms with Gasteiger partial charge in [0.15, 0.2) is 6.29 Å². The molecule has 1 fully saturated rings. The molecule has 11 nitrogen and oxygen atoms in total. The Hall–Kier alpha value is -0.890. The number of rotatable bonds is 49. The molecule has 1 aliphatic rings. The molecule has 1 amide bonds. The summed E-state index contributed by atoms with van der Waals surface area (Å²) in [5.41, 5.74) is 0. The van der Waals surface area contributed by atoms with Gasteiger partial charge in [0, 0.05) is 0 Å². The molecule has 9 unspecified atom stereocenters. The molecular weight excluding hydrogens is 835 g/mol. The van der Waals surface area contributed by atoms with Gasteiger partial charge in [-0.1, -0.05) is 264 Å². The summed E-state index contributed by atoms with van der Waals surface area (Å²) in [5, 5.41) is 76.0. The first-order chi connectivity index (χ1) is 32.2. The lowest BCUT2D eigenvalue weighted by Gasteiger charge is -2.40. The average Bonchev–Trinajstić information content (AvgIpc) is 3.32. The number of carbonyl (C=O) groups is 1. The molecule has 66 heavy (non-hydrogen) atoms. The van der Waals surface area contributed by atoms with Gasteiger partial charge in [-0.15, -0.1) is 0 Å². The van der Waals surface area contributed by atoms with Gasteiger partial charge in [0.1, 0.15) is 36.6 Å². The topological polar surface area (TPSA) is 189 Å². The minimum absolute atomic E-state index is 0.267. The van der Waals surface area contributed by atoms with Gasteiger partial charge in [-0.3, -0.25) is 4.79 Å². The maximum Gasteiger partial charge on any atom is 0.249 e. The largest absolute Gasteiger partial charge is 0.394 e. The van der Waals surface area contributed by atoms with Crippen molar-refractivity contribution in [1.82, 2.24) is 5.32 Å². The Labute approximate surface area is 405 Å². The van der Waals surface area contributed by atoms with Crippen LogP contribution in [0, 0.1) is 0 Å². The van der Waals surface area contributed by atoms with Crippen LogP contribution >= 0.6 is 0 Å². The molecule has 1 rings (SSSR count). The number of unbranched alkanes of at least 4 members (excludes halogenated alkanes) is 37. The van der Waals surface area contributed by atoms with Crippen molar-refractivity contribution in [3.05, 3.63) is 0 Å². The Morgan fingerprint density at radius 3 is 1.12 bits per heavy atom. The van der Waals surface area contributed by atoms with E-state index in [0.717, 1.165) is 38.5 Å². The molecule has 0 aromatic rings. The molecular formula is C55H109NO10. The smallest absolute Gasteiger partial charge is 0.249 e. The highest BCUT2D eigenvalue weighted by Crippen LogP contribution is 2.24. The van der Waals surface area contributed by atoms with E-state index in [1.54, 1.807) is 0 Å². The molecule has 0 bridgehead atoms. The van der Waals surface area contributed by atoms with Crippen LogP contribution in [0.1, 0.15) is 277 Å². The van der Waals surface area contributed by atoms with Crippen molar-refractivity contribution in [2.45, 2.75) is 332 Å². The average molecular weight is 944 g/mol. The maximum absolute atomic E-state index is 13.2. The van der Waals surface area contributed by atoms with Crippen molar-refractivity contribution in [3.63, 3.8) is 0 Å². The molecule has 0 aliphatic carbocycles. The zero-order valence-corrected chi connectivity index (χ0v) is 43.0. The van der Waals surface area contributed by atoms with E-state index < -0.39 is 74.2 Å². The van der Waals surface area contributed by atoms with E-state index in [9.17, 15) is 40.5 Å². The summed E-state index contributed by atoms with van der Waals surface area (Å²) in [5.74, 6) is -0.690. The Morgan fingerprint density at radius 1 is 0.470 bits per heavy atom.